The summed E-state index contributed by atoms with van der Waals surface area (Å²) in [7, 11) is 1.73. The number of benzene rings is 1. The van der Waals surface area contributed by atoms with E-state index in [4.69, 9.17) is 4.74 Å². The van der Waals surface area contributed by atoms with Gasteiger partial charge in [-0.2, -0.15) is 0 Å². The van der Waals surface area contributed by atoms with Crippen LogP contribution < -0.4 is 5.32 Å². The van der Waals surface area contributed by atoms with Gasteiger partial charge in [-0.3, -0.25) is 4.90 Å². The molecule has 2 rings (SSSR count). The molecule has 1 N–H and O–H groups in total. The van der Waals surface area contributed by atoms with Crippen LogP contribution >= 0.6 is 0 Å². The molecule has 0 bridgehead atoms. The Morgan fingerprint density at radius 2 is 1.89 bits per heavy atom. The van der Waals surface area contributed by atoms with Crippen molar-refractivity contribution in [3.63, 3.8) is 0 Å². The quantitative estimate of drug-likeness (QED) is 0.798. The van der Waals surface area contributed by atoms with Gasteiger partial charge in [-0.05, 0) is 49.5 Å². The molecule has 1 aromatic rings. The van der Waals surface area contributed by atoms with Crippen LogP contribution in [-0.2, 0) is 11.3 Å². The molecule has 0 spiro atoms. The molecule has 1 heterocycles. The fraction of sp³-hybridized carbons (Fsp3) is 0.625. The predicted molar refractivity (Wildman–Crippen MR) is 80.5 cm³/mol. The highest BCUT2D eigenvalue weighted by atomic mass is 16.5. The number of likely N-dealkylation sites (tertiary alicyclic amines) is 1. The van der Waals surface area contributed by atoms with Crippen LogP contribution in [-0.4, -0.2) is 38.3 Å². The number of ether oxygens (including phenoxy) is 1. The molecule has 1 aliphatic rings. The molecule has 1 aliphatic heterocycles. The second-order valence-electron chi connectivity index (χ2n) is 5.58. The molecule has 0 aliphatic carbocycles. The Kier molecular flexibility index (Phi) is 5.67. The topological polar surface area (TPSA) is 24.5 Å². The summed E-state index contributed by atoms with van der Waals surface area (Å²) in [5, 5.41) is 3.34. The molecule has 1 saturated heterocycles. The summed E-state index contributed by atoms with van der Waals surface area (Å²) in [6.07, 6.45) is 2.69. The molecule has 0 radical (unpaired) electrons. The minimum Gasteiger partial charge on any atom is -0.383 e. The summed E-state index contributed by atoms with van der Waals surface area (Å²) in [6.45, 7) is 7.54. The van der Waals surface area contributed by atoms with Crippen LogP contribution in [0.5, 0.6) is 0 Å². The van der Waals surface area contributed by atoms with Gasteiger partial charge in [0.2, 0.25) is 0 Å². The zero-order chi connectivity index (χ0) is 13.5. The second-order valence-corrected chi connectivity index (χ2v) is 5.58. The Hall–Kier alpha value is -1.06. The van der Waals surface area contributed by atoms with Crippen molar-refractivity contribution in [3.8, 4) is 0 Å². The normalized spacial score (nSPS) is 17.6. The van der Waals surface area contributed by atoms with E-state index in [0.29, 0.717) is 0 Å². The predicted octanol–water partition coefficient (Wildman–Crippen LogP) is 2.98. The fourth-order valence-electron chi connectivity index (χ4n) is 2.50. The molecule has 3 heteroatoms. The maximum absolute atomic E-state index is 5.03. The zero-order valence-electron chi connectivity index (χ0n) is 12.2. The molecule has 0 amide bonds. The third-order valence-electron chi connectivity index (χ3n) is 3.87. The maximum Gasteiger partial charge on any atom is 0.0635 e. The largest absolute Gasteiger partial charge is 0.383 e. The Bertz CT molecular complexity index is 356. The Morgan fingerprint density at radius 3 is 2.53 bits per heavy atom. The van der Waals surface area contributed by atoms with Crippen LogP contribution in [0.4, 0.5) is 5.69 Å². The van der Waals surface area contributed by atoms with Crippen molar-refractivity contribution in [3.05, 3.63) is 29.8 Å². The van der Waals surface area contributed by atoms with E-state index in [1.165, 1.54) is 37.2 Å². The molecular formula is C16H26N2O. The first kappa shape index (κ1) is 14.4. The van der Waals surface area contributed by atoms with E-state index < -0.39 is 0 Å². The smallest absolute Gasteiger partial charge is 0.0635 e. The highest BCUT2D eigenvalue weighted by molar-refractivity contribution is 5.44. The third-order valence-corrected chi connectivity index (χ3v) is 3.87. The van der Waals surface area contributed by atoms with Gasteiger partial charge in [0.1, 0.15) is 0 Å². The monoisotopic (exact) mass is 262 g/mol. The van der Waals surface area contributed by atoms with Crippen molar-refractivity contribution in [2.75, 3.05) is 38.7 Å². The van der Waals surface area contributed by atoms with Crippen molar-refractivity contribution in [2.24, 2.45) is 5.92 Å². The number of nitrogens with one attached hydrogen (secondary N) is 1. The van der Waals surface area contributed by atoms with Gasteiger partial charge in [-0.25, -0.2) is 0 Å². The van der Waals surface area contributed by atoms with E-state index in [2.05, 4.69) is 41.4 Å². The van der Waals surface area contributed by atoms with E-state index in [-0.39, 0.29) is 0 Å². The summed E-state index contributed by atoms with van der Waals surface area (Å²) in [4.78, 5) is 2.56. The minimum absolute atomic E-state index is 0.744. The van der Waals surface area contributed by atoms with Gasteiger partial charge in [-0.1, -0.05) is 19.1 Å². The summed E-state index contributed by atoms with van der Waals surface area (Å²) in [5.74, 6) is 0.906. The number of nitrogens with zero attached hydrogens (tertiary/aromatic N) is 1. The summed E-state index contributed by atoms with van der Waals surface area (Å²) in [6, 6.07) is 8.79. The molecule has 0 unspecified atom stereocenters. The molecule has 0 atom stereocenters. The van der Waals surface area contributed by atoms with Crippen molar-refractivity contribution in [1.82, 2.24) is 4.90 Å². The van der Waals surface area contributed by atoms with Gasteiger partial charge in [0.15, 0.2) is 0 Å². The standard InChI is InChI=1S/C16H26N2O/c1-14-7-10-18(11-8-14)13-15-3-5-16(6-4-15)17-9-12-19-2/h3-6,14,17H,7-13H2,1-2H3. The van der Waals surface area contributed by atoms with Gasteiger partial charge in [0.25, 0.3) is 0 Å². The summed E-state index contributed by atoms with van der Waals surface area (Å²) < 4.78 is 5.03. The van der Waals surface area contributed by atoms with Crippen molar-refractivity contribution >= 4 is 5.69 Å². The molecule has 19 heavy (non-hydrogen) atoms. The average molecular weight is 262 g/mol. The van der Waals surface area contributed by atoms with Gasteiger partial charge in [0, 0.05) is 25.9 Å². The minimum atomic E-state index is 0.744. The fourth-order valence-corrected chi connectivity index (χ4v) is 2.50. The molecule has 1 fully saturated rings. The summed E-state index contributed by atoms with van der Waals surface area (Å²) in [5.41, 5.74) is 2.58. The molecule has 0 saturated carbocycles. The van der Waals surface area contributed by atoms with E-state index in [0.717, 1.165) is 25.6 Å². The van der Waals surface area contributed by atoms with Crippen LogP contribution in [0.2, 0.25) is 0 Å². The lowest BCUT2D eigenvalue weighted by atomic mass is 9.99. The first-order valence-electron chi connectivity index (χ1n) is 7.32. The zero-order valence-corrected chi connectivity index (χ0v) is 12.2. The lowest BCUT2D eigenvalue weighted by Gasteiger charge is -2.30. The first-order chi connectivity index (χ1) is 9.28. The summed E-state index contributed by atoms with van der Waals surface area (Å²) >= 11 is 0. The molecule has 3 nitrogen and oxygen atoms in total. The first-order valence-corrected chi connectivity index (χ1v) is 7.32. The lowest BCUT2D eigenvalue weighted by molar-refractivity contribution is 0.185. The number of rotatable bonds is 6. The Balaban J connectivity index is 1.78. The maximum atomic E-state index is 5.03. The van der Waals surface area contributed by atoms with Gasteiger partial charge >= 0.3 is 0 Å². The highest BCUT2D eigenvalue weighted by Crippen LogP contribution is 2.18. The van der Waals surface area contributed by atoms with Crippen LogP contribution in [0.1, 0.15) is 25.3 Å². The van der Waals surface area contributed by atoms with Gasteiger partial charge < -0.3 is 10.1 Å². The van der Waals surface area contributed by atoms with Crippen molar-refractivity contribution in [2.45, 2.75) is 26.3 Å². The Labute approximate surface area is 116 Å². The average Bonchev–Trinajstić information content (AvgIpc) is 2.44. The van der Waals surface area contributed by atoms with Crippen molar-refractivity contribution in [1.29, 1.82) is 0 Å². The van der Waals surface area contributed by atoms with E-state index in [1.54, 1.807) is 7.11 Å². The third kappa shape index (κ3) is 4.84. The van der Waals surface area contributed by atoms with E-state index in [9.17, 15) is 0 Å². The van der Waals surface area contributed by atoms with Gasteiger partial charge in [-0.15, -0.1) is 0 Å². The van der Waals surface area contributed by atoms with Gasteiger partial charge in [0.05, 0.1) is 6.61 Å². The van der Waals surface area contributed by atoms with E-state index in [1.807, 2.05) is 0 Å². The second kappa shape index (κ2) is 7.51. The van der Waals surface area contributed by atoms with Crippen LogP contribution in [0.15, 0.2) is 24.3 Å². The van der Waals surface area contributed by atoms with E-state index >= 15 is 0 Å². The van der Waals surface area contributed by atoms with Crippen LogP contribution in [0.25, 0.3) is 0 Å². The van der Waals surface area contributed by atoms with Crippen molar-refractivity contribution < 1.29 is 4.74 Å². The number of anilines is 1. The molecule has 106 valence electrons. The Morgan fingerprint density at radius 1 is 1.21 bits per heavy atom. The number of hydrogen-bond acceptors (Lipinski definition) is 3. The number of methoxy groups -OCH3 is 1. The SMILES string of the molecule is COCCNc1ccc(CN2CCC(C)CC2)cc1. The molecule has 1 aromatic carbocycles. The molecular weight excluding hydrogens is 236 g/mol. The van der Waals surface area contributed by atoms with Crippen LogP contribution in [0.3, 0.4) is 0 Å². The highest BCUT2D eigenvalue weighted by Gasteiger charge is 2.15. The van der Waals surface area contributed by atoms with Crippen LogP contribution in [0, 0.1) is 5.92 Å². The molecule has 0 aromatic heterocycles. The number of hydrogen-bond donors (Lipinski definition) is 1. The number of piperidine rings is 1. The lowest BCUT2D eigenvalue weighted by Crippen LogP contribution is -2.32.